The number of hydrogen-bond acceptors (Lipinski definition) is 5. The Labute approximate surface area is 168 Å². The number of ketones is 1. The normalized spacial score (nSPS) is 27.5. The average molecular weight is 409 g/mol. The van der Waals surface area contributed by atoms with Gasteiger partial charge in [0.1, 0.15) is 5.60 Å². The molecule has 8 heteroatoms. The van der Waals surface area contributed by atoms with Crippen molar-refractivity contribution in [3.8, 4) is 11.5 Å². The van der Waals surface area contributed by atoms with E-state index in [4.69, 9.17) is 4.74 Å². The van der Waals surface area contributed by atoms with E-state index in [9.17, 15) is 18.4 Å². The number of hydrogen-bond donors (Lipinski definition) is 0. The summed E-state index contributed by atoms with van der Waals surface area (Å²) >= 11 is 0. The fourth-order valence-corrected chi connectivity index (χ4v) is 4.55. The molecule has 6 nitrogen and oxygen atoms in total. The average Bonchev–Trinajstić information content (AvgIpc) is 2.91. The number of amides is 1. The van der Waals surface area contributed by atoms with Crippen molar-refractivity contribution in [2.24, 2.45) is 5.92 Å². The Morgan fingerprint density at radius 2 is 1.72 bits per heavy atom. The standard InChI is InChI=1S/C21H25F2NO5/c1-20(2,3)29-19(26)24-14-5-4-6-15(24)10-13(9-14)18(25)12-7-8-16-17(11-12)28-21(22,23)27-16/h7-8,11,13-15H,4-6,9-10H2,1-3H3. The molecule has 1 aromatic rings. The van der Waals surface area contributed by atoms with Crippen LogP contribution in [-0.2, 0) is 4.74 Å². The van der Waals surface area contributed by atoms with Crippen molar-refractivity contribution in [1.82, 2.24) is 4.90 Å². The minimum atomic E-state index is -3.71. The fraction of sp³-hybridized carbons (Fsp3) is 0.619. The molecule has 2 atom stereocenters. The van der Waals surface area contributed by atoms with Gasteiger partial charge in [-0.15, -0.1) is 8.78 Å². The molecule has 3 aliphatic rings. The van der Waals surface area contributed by atoms with Crippen LogP contribution in [0.2, 0.25) is 0 Å². The minimum absolute atomic E-state index is 0.0513. The number of benzene rings is 1. The summed E-state index contributed by atoms with van der Waals surface area (Å²) in [6, 6.07) is 4.03. The summed E-state index contributed by atoms with van der Waals surface area (Å²) in [4.78, 5) is 27.6. The largest absolute Gasteiger partial charge is 0.586 e. The third-order valence-corrected chi connectivity index (χ3v) is 5.64. The monoisotopic (exact) mass is 409 g/mol. The Kier molecular flexibility index (Phi) is 4.70. The van der Waals surface area contributed by atoms with Gasteiger partial charge in [-0.25, -0.2) is 4.79 Å². The number of Topliss-reactive ketones (excluding diaryl/α,β-unsaturated/α-hetero) is 1. The molecule has 2 fully saturated rings. The van der Waals surface area contributed by atoms with Gasteiger partial charge in [0, 0.05) is 23.6 Å². The lowest BCUT2D eigenvalue weighted by Gasteiger charge is -2.48. The van der Waals surface area contributed by atoms with Crippen LogP contribution in [0.25, 0.3) is 0 Å². The predicted octanol–water partition coefficient (Wildman–Crippen LogP) is 4.76. The zero-order valence-electron chi connectivity index (χ0n) is 16.7. The summed E-state index contributed by atoms with van der Waals surface area (Å²) in [5, 5.41) is 0. The summed E-state index contributed by atoms with van der Waals surface area (Å²) in [5.41, 5.74) is -0.258. The molecule has 2 unspecified atom stereocenters. The van der Waals surface area contributed by atoms with Gasteiger partial charge < -0.3 is 19.1 Å². The van der Waals surface area contributed by atoms with Gasteiger partial charge in [0.15, 0.2) is 17.3 Å². The van der Waals surface area contributed by atoms with Gasteiger partial charge in [-0.1, -0.05) is 0 Å². The van der Waals surface area contributed by atoms with Crippen LogP contribution in [0.15, 0.2) is 18.2 Å². The first-order valence-electron chi connectivity index (χ1n) is 9.98. The van der Waals surface area contributed by atoms with Crippen LogP contribution in [0, 0.1) is 5.92 Å². The number of carbonyl (C=O) groups is 2. The lowest BCUT2D eigenvalue weighted by atomic mass is 9.76. The summed E-state index contributed by atoms with van der Waals surface area (Å²) < 4.78 is 40.9. The van der Waals surface area contributed by atoms with E-state index in [0.717, 1.165) is 19.3 Å². The molecule has 0 saturated carbocycles. The van der Waals surface area contributed by atoms with Crippen molar-refractivity contribution in [3.63, 3.8) is 0 Å². The van der Waals surface area contributed by atoms with Gasteiger partial charge in [0.05, 0.1) is 0 Å². The van der Waals surface area contributed by atoms with Crippen molar-refractivity contribution in [3.05, 3.63) is 23.8 Å². The van der Waals surface area contributed by atoms with Crippen molar-refractivity contribution >= 4 is 11.9 Å². The maximum absolute atomic E-state index is 13.2. The van der Waals surface area contributed by atoms with Crippen molar-refractivity contribution < 1.29 is 32.6 Å². The molecule has 0 aliphatic carbocycles. The van der Waals surface area contributed by atoms with Crippen molar-refractivity contribution in [2.75, 3.05) is 0 Å². The third kappa shape index (κ3) is 4.02. The summed E-state index contributed by atoms with van der Waals surface area (Å²) in [5.74, 6) is -0.604. The van der Waals surface area contributed by atoms with Crippen molar-refractivity contribution in [1.29, 1.82) is 0 Å². The van der Waals surface area contributed by atoms with Gasteiger partial charge in [0.25, 0.3) is 0 Å². The molecule has 0 N–H and O–H groups in total. The number of piperidine rings is 2. The van der Waals surface area contributed by atoms with Crippen LogP contribution >= 0.6 is 0 Å². The number of rotatable bonds is 2. The van der Waals surface area contributed by atoms with Crippen LogP contribution in [-0.4, -0.2) is 40.8 Å². The predicted molar refractivity (Wildman–Crippen MR) is 99.2 cm³/mol. The molecule has 1 aromatic carbocycles. The molecule has 3 heterocycles. The van der Waals surface area contributed by atoms with E-state index in [-0.39, 0.29) is 41.4 Å². The highest BCUT2D eigenvalue weighted by Gasteiger charge is 2.46. The molecular weight excluding hydrogens is 384 g/mol. The van der Waals surface area contributed by atoms with Gasteiger partial charge >= 0.3 is 12.4 Å². The molecule has 29 heavy (non-hydrogen) atoms. The fourth-order valence-electron chi connectivity index (χ4n) is 4.55. The minimum Gasteiger partial charge on any atom is -0.444 e. The Hall–Kier alpha value is -2.38. The Balaban J connectivity index is 1.49. The number of alkyl halides is 2. The lowest BCUT2D eigenvalue weighted by molar-refractivity contribution is -0.286. The molecule has 3 aliphatic heterocycles. The number of carbonyl (C=O) groups excluding carboxylic acids is 2. The lowest BCUT2D eigenvalue weighted by Crippen LogP contribution is -2.56. The molecule has 1 amide bonds. The molecule has 2 saturated heterocycles. The smallest absolute Gasteiger partial charge is 0.444 e. The first kappa shape index (κ1) is 19.9. The van der Waals surface area contributed by atoms with Gasteiger partial charge in [0.2, 0.25) is 0 Å². The van der Waals surface area contributed by atoms with E-state index < -0.39 is 11.9 Å². The SMILES string of the molecule is CC(C)(C)OC(=O)N1C2CCCC1CC(C(=O)c1ccc3c(c1)OC(F)(F)O3)C2. The molecule has 0 radical (unpaired) electrons. The zero-order valence-corrected chi connectivity index (χ0v) is 16.7. The number of nitrogens with zero attached hydrogens (tertiary/aromatic N) is 1. The highest BCUT2D eigenvalue weighted by atomic mass is 19.3. The Bertz CT molecular complexity index is 821. The third-order valence-electron chi connectivity index (χ3n) is 5.64. The number of ether oxygens (including phenoxy) is 3. The maximum Gasteiger partial charge on any atom is 0.586 e. The van der Waals surface area contributed by atoms with Gasteiger partial charge in [-0.2, -0.15) is 0 Å². The maximum atomic E-state index is 13.2. The first-order valence-corrected chi connectivity index (χ1v) is 9.98. The van der Waals surface area contributed by atoms with Crippen molar-refractivity contribution in [2.45, 2.75) is 76.9 Å². The summed E-state index contributed by atoms with van der Waals surface area (Å²) in [7, 11) is 0. The zero-order chi connectivity index (χ0) is 21.0. The van der Waals surface area contributed by atoms with Crippen LogP contribution in [0.3, 0.4) is 0 Å². The second kappa shape index (κ2) is 6.85. The molecular formula is C21H25F2NO5. The van der Waals surface area contributed by atoms with E-state index in [1.807, 2.05) is 20.8 Å². The van der Waals surface area contributed by atoms with E-state index in [0.29, 0.717) is 18.4 Å². The summed E-state index contributed by atoms with van der Waals surface area (Å²) in [6.07, 6.45) is -0.296. The Morgan fingerprint density at radius 1 is 1.10 bits per heavy atom. The Morgan fingerprint density at radius 3 is 2.34 bits per heavy atom. The molecule has 158 valence electrons. The van der Waals surface area contributed by atoms with Crippen LogP contribution in [0.5, 0.6) is 11.5 Å². The topological polar surface area (TPSA) is 65.1 Å². The molecule has 2 bridgehead atoms. The van der Waals surface area contributed by atoms with E-state index in [1.54, 1.807) is 4.90 Å². The van der Waals surface area contributed by atoms with E-state index >= 15 is 0 Å². The molecule has 0 spiro atoms. The second-order valence-corrected chi connectivity index (χ2v) is 8.99. The van der Waals surface area contributed by atoms with Gasteiger partial charge in [-0.05, 0) is 71.1 Å². The van der Waals surface area contributed by atoms with E-state index in [1.165, 1.54) is 18.2 Å². The van der Waals surface area contributed by atoms with Gasteiger partial charge in [-0.3, -0.25) is 4.79 Å². The van der Waals surface area contributed by atoms with Crippen LogP contribution < -0.4 is 9.47 Å². The molecule has 0 aromatic heterocycles. The number of fused-ring (bicyclic) bond motifs is 3. The highest BCUT2D eigenvalue weighted by molar-refractivity contribution is 5.98. The highest BCUT2D eigenvalue weighted by Crippen LogP contribution is 2.43. The van der Waals surface area contributed by atoms with Crippen LogP contribution in [0.1, 0.15) is 63.2 Å². The second-order valence-electron chi connectivity index (χ2n) is 8.99. The first-order chi connectivity index (χ1) is 13.5. The summed E-state index contributed by atoms with van der Waals surface area (Å²) in [6.45, 7) is 5.50. The quantitative estimate of drug-likeness (QED) is 0.659. The molecule has 4 rings (SSSR count). The van der Waals surface area contributed by atoms with E-state index in [2.05, 4.69) is 9.47 Å². The van der Waals surface area contributed by atoms with Crippen LogP contribution in [0.4, 0.5) is 13.6 Å². The number of halogens is 2.